The third-order valence-electron chi connectivity index (χ3n) is 4.23. The van der Waals surface area contributed by atoms with Crippen molar-refractivity contribution in [1.29, 1.82) is 0 Å². The molecule has 5 nitrogen and oxygen atoms in total. The van der Waals surface area contributed by atoms with Crippen molar-refractivity contribution < 1.29 is 4.79 Å². The summed E-state index contributed by atoms with van der Waals surface area (Å²) in [5, 5.41) is 9.40. The van der Waals surface area contributed by atoms with Crippen molar-refractivity contribution in [2.45, 2.75) is 39.8 Å². The van der Waals surface area contributed by atoms with E-state index in [0.717, 1.165) is 24.5 Å². The first-order valence-corrected chi connectivity index (χ1v) is 9.62. The first-order valence-electron chi connectivity index (χ1n) is 9.62. The van der Waals surface area contributed by atoms with Gasteiger partial charge >= 0.3 is 0 Å². The lowest BCUT2D eigenvalue weighted by molar-refractivity contribution is -0.121. The van der Waals surface area contributed by atoms with Crippen molar-refractivity contribution in [3.05, 3.63) is 71.3 Å². The van der Waals surface area contributed by atoms with Gasteiger partial charge < -0.3 is 16.0 Å². The number of hydrogen-bond acceptors (Lipinski definition) is 2. The summed E-state index contributed by atoms with van der Waals surface area (Å²) in [6.07, 6.45) is 1.40. The van der Waals surface area contributed by atoms with E-state index in [9.17, 15) is 4.79 Å². The fourth-order valence-corrected chi connectivity index (χ4v) is 2.74. The molecular formula is C22H30N4O. The maximum Gasteiger partial charge on any atom is 0.222 e. The summed E-state index contributed by atoms with van der Waals surface area (Å²) >= 11 is 0. The fourth-order valence-electron chi connectivity index (χ4n) is 2.74. The van der Waals surface area contributed by atoms with E-state index in [-0.39, 0.29) is 5.91 Å². The first-order chi connectivity index (χ1) is 13.2. The highest BCUT2D eigenvalue weighted by atomic mass is 16.1. The molecule has 5 heteroatoms. The zero-order valence-electron chi connectivity index (χ0n) is 16.3. The van der Waals surface area contributed by atoms with E-state index in [1.54, 1.807) is 0 Å². The van der Waals surface area contributed by atoms with Crippen LogP contribution in [0.5, 0.6) is 0 Å². The van der Waals surface area contributed by atoms with Crippen molar-refractivity contribution in [2.75, 3.05) is 13.1 Å². The van der Waals surface area contributed by atoms with E-state index >= 15 is 0 Å². The van der Waals surface area contributed by atoms with Crippen molar-refractivity contribution in [3.63, 3.8) is 0 Å². The number of nitrogens with one attached hydrogen (secondary N) is 3. The molecule has 144 valence electrons. The Morgan fingerprint density at radius 1 is 0.889 bits per heavy atom. The Kier molecular flexibility index (Phi) is 8.90. The molecule has 2 aromatic rings. The van der Waals surface area contributed by atoms with Crippen LogP contribution in [0.2, 0.25) is 0 Å². The Morgan fingerprint density at radius 2 is 1.59 bits per heavy atom. The molecule has 27 heavy (non-hydrogen) atoms. The minimum Gasteiger partial charge on any atom is -0.357 e. The molecule has 0 saturated heterocycles. The van der Waals surface area contributed by atoms with Crippen LogP contribution in [-0.2, 0) is 24.3 Å². The number of benzene rings is 2. The summed E-state index contributed by atoms with van der Waals surface area (Å²) in [6.45, 7) is 6.69. The van der Waals surface area contributed by atoms with E-state index in [1.807, 2.05) is 43.3 Å². The van der Waals surface area contributed by atoms with Gasteiger partial charge in [0.2, 0.25) is 5.91 Å². The molecule has 0 saturated carbocycles. The molecule has 0 unspecified atom stereocenters. The van der Waals surface area contributed by atoms with Gasteiger partial charge in [-0.1, -0.05) is 61.5 Å². The molecule has 0 aliphatic rings. The molecule has 2 aromatic carbocycles. The molecule has 0 aliphatic carbocycles. The lowest BCUT2D eigenvalue weighted by atomic mass is 10.1. The third-order valence-corrected chi connectivity index (χ3v) is 4.23. The quantitative estimate of drug-likeness (QED) is 0.472. The van der Waals surface area contributed by atoms with Crippen LogP contribution in [0.25, 0.3) is 0 Å². The maximum absolute atomic E-state index is 12.0. The number of carbonyl (C=O) groups is 1. The molecule has 0 atom stereocenters. The van der Waals surface area contributed by atoms with Gasteiger partial charge in [-0.3, -0.25) is 4.79 Å². The summed E-state index contributed by atoms with van der Waals surface area (Å²) in [6, 6.07) is 18.3. The van der Waals surface area contributed by atoms with Crippen molar-refractivity contribution in [1.82, 2.24) is 16.0 Å². The second kappa shape index (κ2) is 11.7. The average Bonchev–Trinajstić information content (AvgIpc) is 2.71. The van der Waals surface area contributed by atoms with E-state index in [4.69, 9.17) is 0 Å². The number of carbonyl (C=O) groups excluding carboxylic acids is 1. The van der Waals surface area contributed by atoms with Gasteiger partial charge in [0.15, 0.2) is 5.96 Å². The Morgan fingerprint density at radius 3 is 2.30 bits per heavy atom. The van der Waals surface area contributed by atoms with Gasteiger partial charge in [-0.2, -0.15) is 0 Å². The Bertz CT molecular complexity index is 728. The normalized spacial score (nSPS) is 11.1. The molecular weight excluding hydrogens is 336 g/mol. The summed E-state index contributed by atoms with van der Waals surface area (Å²) in [5.41, 5.74) is 3.65. The molecule has 0 heterocycles. The molecule has 2 rings (SSSR count). The predicted molar refractivity (Wildman–Crippen MR) is 112 cm³/mol. The number of rotatable bonds is 9. The average molecular weight is 367 g/mol. The fraction of sp³-hybridized carbons (Fsp3) is 0.364. The second-order valence-corrected chi connectivity index (χ2v) is 6.26. The van der Waals surface area contributed by atoms with Gasteiger partial charge in [-0.05, 0) is 30.0 Å². The van der Waals surface area contributed by atoms with Gasteiger partial charge in [0.1, 0.15) is 0 Å². The Balaban J connectivity index is 1.78. The van der Waals surface area contributed by atoms with E-state index < -0.39 is 0 Å². The third kappa shape index (κ3) is 7.52. The predicted octanol–water partition coefficient (Wildman–Crippen LogP) is 3.01. The lowest BCUT2D eigenvalue weighted by Crippen LogP contribution is -2.39. The van der Waals surface area contributed by atoms with E-state index in [1.165, 1.54) is 11.1 Å². The van der Waals surface area contributed by atoms with Gasteiger partial charge in [0, 0.05) is 26.1 Å². The van der Waals surface area contributed by atoms with Crippen molar-refractivity contribution >= 4 is 11.9 Å². The number of guanidine groups is 1. The highest BCUT2D eigenvalue weighted by molar-refractivity contribution is 5.81. The van der Waals surface area contributed by atoms with Gasteiger partial charge in [0.05, 0.1) is 6.54 Å². The zero-order chi connectivity index (χ0) is 19.3. The minimum absolute atomic E-state index is 0.0264. The summed E-state index contributed by atoms with van der Waals surface area (Å²) < 4.78 is 0. The van der Waals surface area contributed by atoms with Crippen LogP contribution >= 0.6 is 0 Å². The van der Waals surface area contributed by atoms with Crippen molar-refractivity contribution in [2.24, 2.45) is 4.99 Å². The van der Waals surface area contributed by atoms with Crippen LogP contribution in [0.3, 0.4) is 0 Å². The smallest absolute Gasteiger partial charge is 0.222 e. The molecule has 0 aliphatic heterocycles. The zero-order valence-corrected chi connectivity index (χ0v) is 16.3. The highest BCUT2D eigenvalue weighted by Crippen LogP contribution is 2.10. The van der Waals surface area contributed by atoms with Crippen LogP contribution in [0, 0.1) is 0 Å². The van der Waals surface area contributed by atoms with Gasteiger partial charge in [-0.15, -0.1) is 0 Å². The molecule has 0 aromatic heterocycles. The molecule has 1 amide bonds. The summed E-state index contributed by atoms with van der Waals surface area (Å²) in [4.78, 5) is 16.7. The van der Waals surface area contributed by atoms with Gasteiger partial charge in [-0.25, -0.2) is 4.99 Å². The van der Waals surface area contributed by atoms with Crippen LogP contribution in [0.1, 0.15) is 37.0 Å². The van der Waals surface area contributed by atoms with Crippen LogP contribution in [-0.4, -0.2) is 25.0 Å². The standard InChI is InChI=1S/C22H30N4O/c1-3-19-12-8-9-13-20(19)17-26-22(23-4-2)24-15-14-21(27)25-16-18-10-6-5-7-11-18/h5-13H,3-4,14-17H2,1-2H3,(H,25,27)(H2,23,24,26). The summed E-state index contributed by atoms with van der Waals surface area (Å²) in [7, 11) is 0. The minimum atomic E-state index is 0.0264. The highest BCUT2D eigenvalue weighted by Gasteiger charge is 2.04. The Hall–Kier alpha value is -2.82. The summed E-state index contributed by atoms with van der Waals surface area (Å²) in [5.74, 6) is 0.762. The van der Waals surface area contributed by atoms with E-state index in [2.05, 4.69) is 46.1 Å². The number of amides is 1. The molecule has 0 spiro atoms. The topological polar surface area (TPSA) is 65.5 Å². The molecule has 0 radical (unpaired) electrons. The monoisotopic (exact) mass is 366 g/mol. The van der Waals surface area contributed by atoms with Crippen LogP contribution in [0.4, 0.5) is 0 Å². The number of hydrogen-bond donors (Lipinski definition) is 3. The SMILES string of the molecule is CCNC(=NCc1ccccc1CC)NCCC(=O)NCc1ccccc1. The molecule has 0 fully saturated rings. The number of nitrogens with zero attached hydrogens (tertiary/aromatic N) is 1. The maximum atomic E-state index is 12.0. The Labute approximate surface area is 162 Å². The molecule has 0 bridgehead atoms. The number of aliphatic imine (C=N–C) groups is 1. The van der Waals surface area contributed by atoms with Crippen LogP contribution < -0.4 is 16.0 Å². The van der Waals surface area contributed by atoms with Gasteiger partial charge in [0.25, 0.3) is 0 Å². The first kappa shape index (κ1) is 20.5. The van der Waals surface area contributed by atoms with E-state index in [0.29, 0.717) is 26.1 Å². The van der Waals surface area contributed by atoms with Crippen molar-refractivity contribution in [3.8, 4) is 0 Å². The lowest BCUT2D eigenvalue weighted by Gasteiger charge is -2.12. The second-order valence-electron chi connectivity index (χ2n) is 6.26. The largest absolute Gasteiger partial charge is 0.357 e. The number of aryl methyl sites for hydroxylation is 1. The molecule has 3 N–H and O–H groups in total. The van der Waals surface area contributed by atoms with Crippen LogP contribution in [0.15, 0.2) is 59.6 Å².